The van der Waals surface area contributed by atoms with Gasteiger partial charge in [-0.05, 0) is 49.1 Å². The minimum Gasteiger partial charge on any atom is -0.455 e. The number of rotatable bonds is 12. The molecule has 1 heterocycles. The molecular weight excluding hydrogens is 794 g/mol. The Balaban J connectivity index is 1.55. The summed E-state index contributed by atoms with van der Waals surface area (Å²) in [5.74, 6) is -6.15. The Kier molecular flexibility index (Phi) is 12.9. The van der Waals surface area contributed by atoms with Gasteiger partial charge in [-0.15, -0.1) is 0 Å². The monoisotopic (exact) mass is 849 g/mol. The third-order valence-electron chi connectivity index (χ3n) is 13.1. The molecule has 61 heavy (non-hydrogen) atoms. The van der Waals surface area contributed by atoms with Gasteiger partial charge in [0, 0.05) is 32.1 Å². The Hall–Kier alpha value is -5.16. The van der Waals surface area contributed by atoms with Gasteiger partial charge in [-0.3, -0.25) is 14.4 Å². The van der Waals surface area contributed by atoms with Crippen molar-refractivity contribution in [3.8, 4) is 0 Å². The number of nitrogens with two attached hydrogens (primary N) is 1. The Labute approximate surface area is 354 Å². The quantitative estimate of drug-likeness (QED) is 0.117. The first-order chi connectivity index (χ1) is 28.7. The molecule has 4 N–H and O–H groups in total. The lowest BCUT2D eigenvalue weighted by Gasteiger charge is -2.67. The van der Waals surface area contributed by atoms with Gasteiger partial charge in [0.05, 0.1) is 42.3 Å². The molecule has 3 aliphatic carbocycles. The number of carbonyl (C=O) groups is 6. The van der Waals surface area contributed by atoms with Crippen LogP contribution in [0.3, 0.4) is 0 Å². The SMILES string of the molecule is CCCCOC(=O)O[C@@H](C(=O)O[C@H]1C[C@@]2(O)[C@@H](OC(=O)c3ccccc3)[C@@H]3[C@]4(OC(C)=O)CO[C@@H]4C[C@H](O)[C@@]3(C)C(=O)[C@H](OC(C)=O)C(=C1C)C2(C)C)[C@@H](N)c1ccccc1. The third-order valence-corrected chi connectivity index (χ3v) is 13.1. The van der Waals surface area contributed by atoms with E-state index >= 15 is 4.79 Å². The van der Waals surface area contributed by atoms with Crippen LogP contribution in [0.15, 0.2) is 71.8 Å². The highest BCUT2D eigenvalue weighted by Crippen LogP contribution is 2.64. The minimum absolute atomic E-state index is 0.00389. The summed E-state index contributed by atoms with van der Waals surface area (Å²) in [7, 11) is 0. The van der Waals surface area contributed by atoms with E-state index in [1.165, 1.54) is 26.0 Å². The molecule has 0 amide bonds. The van der Waals surface area contributed by atoms with E-state index in [1.807, 2.05) is 6.92 Å². The van der Waals surface area contributed by atoms with Crippen LogP contribution in [0.4, 0.5) is 4.79 Å². The number of hydrogen-bond donors (Lipinski definition) is 3. The van der Waals surface area contributed by atoms with Gasteiger partial charge < -0.3 is 49.1 Å². The summed E-state index contributed by atoms with van der Waals surface area (Å²) in [6.07, 6.45) is -10.2. The zero-order valence-corrected chi connectivity index (χ0v) is 35.4. The Bertz CT molecular complexity index is 2050. The number of benzene rings is 2. The third kappa shape index (κ3) is 7.94. The standard InChI is InChI=1S/C45H55NO15/c1-8-9-20-55-41(53)59-35(33(46)27-16-12-10-13-17-27)40(52)58-29-22-45(54)38(60-39(51)28-18-14-11-15-19-28)36-43(7,30(49)21-31-44(36,23-56-31)61-26(4)48)37(50)34(57-25(3)47)32(24(29)2)42(45,5)6/h10-19,29-31,33-36,38,49,54H,8-9,20-23,46H2,1-7H3/t29-,30-,31+,33-,34+,35+,36-,38-,43+,44-,45+/m0/s1. The number of fused-ring (bicyclic) bond motifs is 5. The number of ketones is 1. The highest BCUT2D eigenvalue weighted by atomic mass is 16.7. The number of Topliss-reactive ketones (excluding diaryl/α,β-unsaturated/α-hetero) is 1. The van der Waals surface area contributed by atoms with Gasteiger partial charge in [-0.25, -0.2) is 14.4 Å². The first-order valence-electron chi connectivity index (χ1n) is 20.5. The number of hydrogen-bond acceptors (Lipinski definition) is 16. The van der Waals surface area contributed by atoms with Gasteiger partial charge in [0.25, 0.3) is 0 Å². The molecule has 1 saturated heterocycles. The average Bonchev–Trinajstić information content (AvgIpc) is 3.21. The fourth-order valence-electron chi connectivity index (χ4n) is 9.78. The lowest BCUT2D eigenvalue weighted by molar-refractivity contribution is -0.346. The number of carbonyl (C=O) groups excluding carboxylic acids is 6. The molecule has 3 fully saturated rings. The van der Waals surface area contributed by atoms with Crippen LogP contribution in [0.25, 0.3) is 0 Å². The molecule has 0 radical (unpaired) electrons. The summed E-state index contributed by atoms with van der Waals surface area (Å²) >= 11 is 0. The molecule has 2 aromatic rings. The van der Waals surface area contributed by atoms with Crippen LogP contribution in [0.2, 0.25) is 0 Å². The van der Waals surface area contributed by atoms with E-state index in [0.29, 0.717) is 18.4 Å². The van der Waals surface area contributed by atoms with Gasteiger partial charge in [-0.2, -0.15) is 0 Å². The number of unbranched alkanes of at least 4 members (excludes halogenated alkanes) is 1. The molecule has 330 valence electrons. The van der Waals surface area contributed by atoms with E-state index in [0.717, 1.165) is 13.8 Å². The topological polar surface area (TPSA) is 234 Å². The summed E-state index contributed by atoms with van der Waals surface area (Å²) in [6.45, 7) is 9.91. The van der Waals surface area contributed by atoms with E-state index in [-0.39, 0.29) is 36.3 Å². The summed E-state index contributed by atoms with van der Waals surface area (Å²) in [4.78, 5) is 83.1. The molecule has 2 saturated carbocycles. The fourth-order valence-corrected chi connectivity index (χ4v) is 9.78. The van der Waals surface area contributed by atoms with Crippen molar-refractivity contribution in [2.75, 3.05) is 13.2 Å². The van der Waals surface area contributed by atoms with Gasteiger partial charge in [0.2, 0.25) is 6.10 Å². The highest BCUT2D eigenvalue weighted by Gasteiger charge is 2.78. The Morgan fingerprint density at radius 1 is 0.934 bits per heavy atom. The predicted molar refractivity (Wildman–Crippen MR) is 213 cm³/mol. The van der Waals surface area contributed by atoms with Crippen LogP contribution in [0.5, 0.6) is 0 Å². The van der Waals surface area contributed by atoms with Gasteiger partial charge in [0.15, 0.2) is 17.5 Å². The Morgan fingerprint density at radius 2 is 1.57 bits per heavy atom. The number of aliphatic hydroxyl groups excluding tert-OH is 1. The molecule has 0 aromatic heterocycles. The van der Waals surface area contributed by atoms with Crippen molar-refractivity contribution in [3.63, 3.8) is 0 Å². The van der Waals surface area contributed by atoms with Gasteiger partial charge >= 0.3 is 30.0 Å². The Morgan fingerprint density at radius 3 is 2.15 bits per heavy atom. The molecule has 1 aliphatic heterocycles. The second-order valence-corrected chi connectivity index (χ2v) is 17.1. The molecule has 2 aromatic carbocycles. The lowest BCUT2D eigenvalue weighted by atomic mass is 9.44. The van der Waals surface area contributed by atoms with Crippen molar-refractivity contribution >= 4 is 35.8 Å². The van der Waals surface area contributed by atoms with Gasteiger partial charge in [0.1, 0.15) is 23.9 Å². The highest BCUT2D eigenvalue weighted by molar-refractivity contribution is 5.95. The largest absolute Gasteiger partial charge is 0.509 e. The first kappa shape index (κ1) is 45.4. The van der Waals surface area contributed by atoms with E-state index < -0.39 is 113 Å². The molecule has 6 rings (SSSR count). The smallest absolute Gasteiger partial charge is 0.455 e. The van der Waals surface area contributed by atoms with Crippen molar-refractivity contribution in [2.45, 2.75) is 128 Å². The van der Waals surface area contributed by atoms with Crippen LogP contribution >= 0.6 is 0 Å². The van der Waals surface area contributed by atoms with E-state index in [1.54, 1.807) is 62.4 Å². The van der Waals surface area contributed by atoms with E-state index in [4.69, 9.17) is 38.9 Å². The number of esters is 4. The molecular formula is C45H55NO15. The van der Waals surface area contributed by atoms with Crippen molar-refractivity contribution in [1.29, 1.82) is 0 Å². The fraction of sp³-hybridized carbons (Fsp3) is 0.556. The lowest BCUT2D eigenvalue weighted by Crippen LogP contribution is -2.82. The van der Waals surface area contributed by atoms with Crippen molar-refractivity contribution < 1.29 is 72.1 Å². The second-order valence-electron chi connectivity index (χ2n) is 17.1. The number of ether oxygens (including phenoxy) is 7. The molecule has 0 spiro atoms. The van der Waals surface area contributed by atoms with Crippen LogP contribution in [-0.2, 0) is 52.3 Å². The van der Waals surface area contributed by atoms with Crippen LogP contribution in [0, 0.1) is 16.7 Å². The summed E-state index contributed by atoms with van der Waals surface area (Å²) in [5.41, 5.74) is -0.620. The minimum atomic E-state index is -2.39. The summed E-state index contributed by atoms with van der Waals surface area (Å²) < 4.78 is 41.1. The van der Waals surface area contributed by atoms with Crippen LogP contribution < -0.4 is 5.73 Å². The maximum Gasteiger partial charge on any atom is 0.509 e. The van der Waals surface area contributed by atoms with Crippen molar-refractivity contribution in [1.82, 2.24) is 0 Å². The summed E-state index contributed by atoms with van der Waals surface area (Å²) in [5, 5.41) is 25.7. The normalized spacial score (nSPS) is 32.2. The van der Waals surface area contributed by atoms with E-state index in [9.17, 15) is 34.2 Å². The molecule has 16 heteroatoms. The average molecular weight is 850 g/mol. The molecule has 16 nitrogen and oxygen atoms in total. The maximum absolute atomic E-state index is 15.5. The second kappa shape index (κ2) is 17.3. The molecule has 11 atom stereocenters. The molecule has 4 aliphatic rings. The maximum atomic E-state index is 15.5. The first-order valence-corrected chi connectivity index (χ1v) is 20.5. The van der Waals surface area contributed by atoms with Gasteiger partial charge in [-0.1, -0.05) is 75.7 Å². The predicted octanol–water partition coefficient (Wildman–Crippen LogP) is 4.23. The summed E-state index contributed by atoms with van der Waals surface area (Å²) in [6, 6.07) is 14.9. The van der Waals surface area contributed by atoms with Crippen molar-refractivity contribution in [2.24, 2.45) is 22.5 Å². The number of aliphatic hydroxyl groups is 2. The van der Waals surface area contributed by atoms with Crippen LogP contribution in [-0.4, -0.2) is 107 Å². The van der Waals surface area contributed by atoms with Crippen LogP contribution in [0.1, 0.15) is 96.1 Å². The molecule has 2 bridgehead atoms. The van der Waals surface area contributed by atoms with Crippen molar-refractivity contribution in [3.05, 3.63) is 82.9 Å². The zero-order valence-electron chi connectivity index (χ0n) is 35.4. The molecule has 0 unspecified atom stereocenters. The van der Waals surface area contributed by atoms with E-state index in [2.05, 4.69) is 0 Å². The zero-order chi connectivity index (χ0) is 44.7.